The van der Waals surface area contributed by atoms with Crippen molar-refractivity contribution in [1.82, 2.24) is 9.38 Å². The first-order chi connectivity index (χ1) is 6.63. The standard InChI is InChI=1S/C10H8FN2O.K.H2O/c1-6-3-8(11)4-13-9(5-14)7(2)12-10(6)13;;/h3-4H,1-2H3;;1H2/q-1;+1;/p-1. The van der Waals surface area contributed by atoms with Crippen LogP contribution in [0.3, 0.4) is 0 Å². The molecule has 0 aromatic carbocycles. The van der Waals surface area contributed by atoms with Gasteiger partial charge in [-0.25, -0.2) is 4.39 Å². The van der Waals surface area contributed by atoms with Crippen LogP contribution in [0.25, 0.3) is 5.65 Å². The molecule has 0 unspecified atom stereocenters. The van der Waals surface area contributed by atoms with Gasteiger partial charge in [-0.1, -0.05) is 18.3 Å². The molecule has 4 nitrogen and oxygen atoms in total. The van der Waals surface area contributed by atoms with Crippen LogP contribution in [0.2, 0.25) is 0 Å². The van der Waals surface area contributed by atoms with Crippen molar-refractivity contribution in [3.05, 3.63) is 35.0 Å². The second-order valence-electron chi connectivity index (χ2n) is 3.18. The molecule has 2 aromatic heterocycles. The van der Waals surface area contributed by atoms with Gasteiger partial charge in [0.05, 0.1) is 0 Å². The molecule has 1 N–H and O–H groups in total. The van der Waals surface area contributed by atoms with E-state index in [2.05, 4.69) is 4.98 Å². The van der Waals surface area contributed by atoms with Crippen LogP contribution in [-0.4, -0.2) is 21.1 Å². The Balaban J connectivity index is 0.00000112. The molecule has 0 aliphatic carbocycles. The Bertz CT molecular complexity index is 525. The van der Waals surface area contributed by atoms with Crippen molar-refractivity contribution in [3.63, 3.8) is 0 Å². The van der Waals surface area contributed by atoms with Crippen LogP contribution in [0.15, 0.2) is 12.3 Å². The Kier molecular flexibility index (Phi) is 5.95. The predicted molar refractivity (Wildman–Crippen MR) is 51.4 cm³/mol. The van der Waals surface area contributed by atoms with Gasteiger partial charge in [0, 0.05) is 12.5 Å². The van der Waals surface area contributed by atoms with E-state index in [9.17, 15) is 9.18 Å². The van der Waals surface area contributed by atoms with Crippen LogP contribution < -0.4 is 51.4 Å². The second kappa shape index (κ2) is 5.99. The van der Waals surface area contributed by atoms with E-state index >= 15 is 0 Å². The van der Waals surface area contributed by atoms with Gasteiger partial charge in [-0.15, -0.1) is 0 Å². The Morgan fingerprint density at radius 1 is 1.44 bits per heavy atom. The molecule has 0 amide bonds. The average Bonchev–Trinajstić information content (AvgIpc) is 2.41. The third-order valence-corrected chi connectivity index (χ3v) is 2.14. The van der Waals surface area contributed by atoms with Crippen molar-refractivity contribution < 1.29 is 66.0 Å². The third-order valence-electron chi connectivity index (χ3n) is 2.14. The molecule has 0 saturated heterocycles. The Labute approximate surface area is 135 Å². The number of carbonyl (C=O) groups excluding carboxylic acids is 1. The van der Waals surface area contributed by atoms with Gasteiger partial charge in [-0.2, -0.15) is 0 Å². The van der Waals surface area contributed by atoms with E-state index in [1.54, 1.807) is 20.1 Å². The number of hydrogen-bond donors (Lipinski definition) is 0. The van der Waals surface area contributed by atoms with Gasteiger partial charge in [-0.05, 0) is 18.6 Å². The molecule has 0 aliphatic heterocycles. The molecule has 2 aromatic rings. The molecule has 0 atom stereocenters. The Morgan fingerprint density at radius 3 is 2.62 bits per heavy atom. The Morgan fingerprint density at radius 2 is 2.06 bits per heavy atom. The van der Waals surface area contributed by atoms with Crippen LogP contribution in [0.5, 0.6) is 0 Å². The maximum atomic E-state index is 13.0. The normalized spacial score (nSPS) is 9.44. The zero-order chi connectivity index (χ0) is 10.3. The van der Waals surface area contributed by atoms with Crippen LogP contribution in [0.4, 0.5) is 4.39 Å². The Hall–Kier alpha value is -0.114. The van der Waals surface area contributed by atoms with Gasteiger partial charge in [0.1, 0.15) is 11.5 Å². The molecule has 16 heavy (non-hydrogen) atoms. The molecular weight excluding hydrogens is 238 g/mol. The number of fused-ring (bicyclic) bond motifs is 1. The first-order valence-electron chi connectivity index (χ1n) is 4.16. The number of imidazole rings is 1. The summed E-state index contributed by atoms with van der Waals surface area (Å²) in [7, 11) is 0. The maximum absolute atomic E-state index is 13.0. The maximum Gasteiger partial charge on any atom is 1.00 e. The zero-order valence-electron chi connectivity index (χ0n) is 9.28. The fourth-order valence-electron chi connectivity index (χ4n) is 1.50. The molecule has 0 spiro atoms. The van der Waals surface area contributed by atoms with Crippen LogP contribution in [0, 0.1) is 19.7 Å². The van der Waals surface area contributed by atoms with E-state index in [0.717, 1.165) is 0 Å². The van der Waals surface area contributed by atoms with Gasteiger partial charge in [0.2, 0.25) is 0 Å². The molecule has 2 heterocycles. The van der Waals surface area contributed by atoms with Crippen molar-refractivity contribution in [2.75, 3.05) is 0 Å². The van der Waals surface area contributed by atoms with E-state index in [4.69, 9.17) is 0 Å². The summed E-state index contributed by atoms with van der Waals surface area (Å²) in [4.78, 5) is 14.8. The minimum absolute atomic E-state index is 0. The molecule has 2 rings (SSSR count). The third kappa shape index (κ3) is 2.58. The number of aromatic nitrogens is 2. The summed E-state index contributed by atoms with van der Waals surface area (Å²) in [6.45, 7) is 3.45. The smallest absolute Gasteiger partial charge is 0.870 e. The van der Waals surface area contributed by atoms with Gasteiger partial charge in [0.15, 0.2) is 0 Å². The minimum Gasteiger partial charge on any atom is -0.870 e. The minimum atomic E-state index is -0.385. The van der Waals surface area contributed by atoms with Gasteiger partial charge in [-0.3, -0.25) is 0 Å². The van der Waals surface area contributed by atoms with Crippen LogP contribution in [-0.2, 0) is 4.79 Å². The van der Waals surface area contributed by atoms with Gasteiger partial charge in [0.25, 0.3) is 0 Å². The summed E-state index contributed by atoms with van der Waals surface area (Å²) in [5.41, 5.74) is 2.15. The van der Waals surface area contributed by atoms with Crippen molar-refractivity contribution in [1.29, 1.82) is 0 Å². The number of rotatable bonds is 1. The second-order valence-corrected chi connectivity index (χ2v) is 3.18. The number of halogens is 1. The number of pyridine rings is 1. The summed E-state index contributed by atoms with van der Waals surface area (Å²) in [5.74, 6) is -0.385. The van der Waals surface area contributed by atoms with Crippen molar-refractivity contribution in [3.8, 4) is 0 Å². The summed E-state index contributed by atoms with van der Waals surface area (Å²) >= 11 is 0. The SMILES string of the molecule is Cc1nc2c(C)cc(F)cn2c1[C-]=O.[K+].[OH-]. The first kappa shape index (κ1) is 15.9. The van der Waals surface area contributed by atoms with E-state index < -0.39 is 0 Å². The molecule has 80 valence electrons. The molecule has 6 heteroatoms. The quantitative estimate of drug-likeness (QED) is 0.449. The van der Waals surface area contributed by atoms with E-state index in [1.807, 2.05) is 0 Å². The monoisotopic (exact) mass is 247 g/mol. The largest absolute Gasteiger partial charge is 1.00 e. The summed E-state index contributed by atoms with van der Waals surface area (Å²) in [6.07, 6.45) is 3.00. The fraction of sp³-hybridized carbons (Fsp3) is 0.200. The number of hydrogen-bond acceptors (Lipinski definition) is 3. The van der Waals surface area contributed by atoms with E-state index in [-0.39, 0.29) is 68.4 Å². The number of nitrogens with zero attached hydrogens (tertiary/aromatic N) is 2. The predicted octanol–water partition coefficient (Wildman–Crippen LogP) is -1.62. The molecule has 0 fully saturated rings. The summed E-state index contributed by atoms with van der Waals surface area (Å²) in [5, 5.41) is 0. The zero-order valence-corrected chi connectivity index (χ0v) is 12.4. The average molecular weight is 247 g/mol. The van der Waals surface area contributed by atoms with Crippen LogP contribution >= 0.6 is 0 Å². The molecule has 0 radical (unpaired) electrons. The van der Waals surface area contributed by atoms with E-state index in [1.165, 1.54) is 16.7 Å². The molecule has 0 aliphatic rings. The summed E-state index contributed by atoms with van der Waals surface area (Å²) in [6, 6.07) is 1.39. The van der Waals surface area contributed by atoms with Crippen molar-refractivity contribution in [2.24, 2.45) is 0 Å². The van der Waals surface area contributed by atoms with Gasteiger partial charge < -0.3 is 19.7 Å². The number of aryl methyl sites for hydroxylation is 2. The molecule has 0 bridgehead atoms. The van der Waals surface area contributed by atoms with Crippen LogP contribution in [0.1, 0.15) is 17.0 Å². The topological polar surface area (TPSA) is 64.4 Å². The van der Waals surface area contributed by atoms with E-state index in [0.29, 0.717) is 16.9 Å². The van der Waals surface area contributed by atoms with Crippen molar-refractivity contribution >= 4 is 11.9 Å². The summed E-state index contributed by atoms with van der Waals surface area (Å²) < 4.78 is 14.5. The first-order valence-corrected chi connectivity index (χ1v) is 4.16. The van der Waals surface area contributed by atoms with Gasteiger partial charge >= 0.3 is 51.4 Å². The fourth-order valence-corrected chi connectivity index (χ4v) is 1.50. The molecular formula is C10H9FKN2O2-. The molecule has 0 saturated carbocycles. The van der Waals surface area contributed by atoms with Crippen molar-refractivity contribution in [2.45, 2.75) is 13.8 Å².